The van der Waals surface area contributed by atoms with Gasteiger partial charge in [0.2, 0.25) is 0 Å². The molecule has 0 aromatic heterocycles. The van der Waals surface area contributed by atoms with Gasteiger partial charge in [0.15, 0.2) is 0 Å². The number of amides is 1. The number of alkyl carbamates (subject to hydrolysis) is 1. The summed E-state index contributed by atoms with van der Waals surface area (Å²) in [6.07, 6.45) is 3.96. The minimum atomic E-state index is -0.453. The monoisotopic (exact) mass is 319 g/mol. The van der Waals surface area contributed by atoms with E-state index >= 15 is 0 Å². The van der Waals surface area contributed by atoms with Gasteiger partial charge in [-0.1, -0.05) is 50.3 Å². The van der Waals surface area contributed by atoms with E-state index in [4.69, 9.17) is 4.74 Å². The van der Waals surface area contributed by atoms with Crippen molar-refractivity contribution in [2.24, 2.45) is 5.92 Å². The number of nitrogens with one attached hydrogen (secondary N) is 1. The maximum atomic E-state index is 11.9. The van der Waals surface area contributed by atoms with Crippen LogP contribution in [0.25, 0.3) is 0 Å². The summed E-state index contributed by atoms with van der Waals surface area (Å²) in [6, 6.07) is 9.43. The minimum Gasteiger partial charge on any atom is -0.466 e. The molecule has 1 aromatic rings. The molecule has 1 aromatic carbocycles. The van der Waals surface area contributed by atoms with Crippen LogP contribution in [0.2, 0.25) is 0 Å². The molecule has 0 spiro atoms. The molecule has 1 N–H and O–H groups in total. The first kappa shape index (κ1) is 18.7. The van der Waals surface area contributed by atoms with E-state index in [-0.39, 0.29) is 12.6 Å². The number of hydrogen-bond donors (Lipinski definition) is 1. The molecule has 0 aliphatic rings. The lowest BCUT2D eigenvalue weighted by Crippen LogP contribution is -2.35. The highest BCUT2D eigenvalue weighted by atomic mass is 16.5. The van der Waals surface area contributed by atoms with Gasteiger partial charge in [0.1, 0.15) is 6.61 Å². The van der Waals surface area contributed by atoms with Crippen LogP contribution in [0.4, 0.5) is 4.79 Å². The normalized spacial score (nSPS) is 12.2. The van der Waals surface area contributed by atoms with Crippen molar-refractivity contribution in [3.63, 3.8) is 0 Å². The molecular weight excluding hydrogens is 294 g/mol. The van der Waals surface area contributed by atoms with Crippen molar-refractivity contribution in [1.82, 2.24) is 5.32 Å². The molecule has 126 valence electrons. The molecule has 0 bridgehead atoms. The summed E-state index contributed by atoms with van der Waals surface area (Å²) >= 11 is 0. The van der Waals surface area contributed by atoms with Gasteiger partial charge in [-0.05, 0) is 24.3 Å². The van der Waals surface area contributed by atoms with E-state index in [9.17, 15) is 9.59 Å². The quantitative estimate of drug-likeness (QED) is 0.589. The standard InChI is InChI=1S/C18H25NO4/c1-14(2)12-16(10-7-11-17(20)22-3)19-18(21)23-13-15-8-5-4-6-9-15/h4-9,11,14,16H,10,12-13H2,1-3H3,(H,19,21)/b11-7-. The third kappa shape index (κ3) is 8.66. The van der Waals surface area contributed by atoms with Gasteiger partial charge in [-0.15, -0.1) is 0 Å². The lowest BCUT2D eigenvalue weighted by Gasteiger charge is -2.19. The van der Waals surface area contributed by atoms with Crippen LogP contribution in [0.3, 0.4) is 0 Å². The lowest BCUT2D eigenvalue weighted by molar-refractivity contribution is -0.134. The van der Waals surface area contributed by atoms with Crippen molar-refractivity contribution in [2.75, 3.05) is 7.11 Å². The van der Waals surface area contributed by atoms with Crippen molar-refractivity contribution in [3.05, 3.63) is 48.0 Å². The molecule has 0 heterocycles. The highest BCUT2D eigenvalue weighted by Crippen LogP contribution is 2.09. The van der Waals surface area contributed by atoms with Gasteiger partial charge >= 0.3 is 12.1 Å². The van der Waals surface area contributed by atoms with E-state index < -0.39 is 12.1 Å². The highest BCUT2D eigenvalue weighted by molar-refractivity contribution is 5.81. The Hall–Kier alpha value is -2.30. The number of carbonyl (C=O) groups is 2. The van der Waals surface area contributed by atoms with E-state index in [2.05, 4.69) is 23.9 Å². The zero-order valence-electron chi connectivity index (χ0n) is 14.0. The Morgan fingerprint density at radius 1 is 1.22 bits per heavy atom. The van der Waals surface area contributed by atoms with Gasteiger partial charge in [-0.2, -0.15) is 0 Å². The fraction of sp³-hybridized carbons (Fsp3) is 0.444. The summed E-state index contributed by atoms with van der Waals surface area (Å²) in [5, 5.41) is 2.85. The van der Waals surface area contributed by atoms with Gasteiger partial charge in [0.05, 0.1) is 7.11 Å². The maximum Gasteiger partial charge on any atom is 0.407 e. The Morgan fingerprint density at radius 2 is 1.91 bits per heavy atom. The number of esters is 1. The largest absolute Gasteiger partial charge is 0.466 e. The first-order valence-electron chi connectivity index (χ1n) is 7.73. The summed E-state index contributed by atoms with van der Waals surface area (Å²) in [5.41, 5.74) is 0.939. The number of rotatable bonds is 8. The zero-order valence-corrected chi connectivity index (χ0v) is 14.0. The van der Waals surface area contributed by atoms with Gasteiger partial charge in [0, 0.05) is 12.1 Å². The van der Waals surface area contributed by atoms with Gasteiger partial charge in [-0.3, -0.25) is 0 Å². The lowest BCUT2D eigenvalue weighted by atomic mass is 10.0. The van der Waals surface area contributed by atoms with Crippen molar-refractivity contribution in [1.29, 1.82) is 0 Å². The number of benzene rings is 1. The smallest absolute Gasteiger partial charge is 0.407 e. The van der Waals surface area contributed by atoms with Crippen LogP contribution in [-0.4, -0.2) is 25.2 Å². The van der Waals surface area contributed by atoms with Gasteiger partial charge in [-0.25, -0.2) is 9.59 Å². The molecule has 1 amide bonds. The van der Waals surface area contributed by atoms with Crippen LogP contribution < -0.4 is 5.32 Å². The van der Waals surface area contributed by atoms with Crippen molar-refractivity contribution in [3.8, 4) is 0 Å². The molecule has 5 nitrogen and oxygen atoms in total. The number of ether oxygens (including phenoxy) is 2. The van der Waals surface area contributed by atoms with Crippen LogP contribution in [0.15, 0.2) is 42.5 Å². The second kappa shape index (κ2) is 10.4. The van der Waals surface area contributed by atoms with E-state index in [0.717, 1.165) is 12.0 Å². The topological polar surface area (TPSA) is 64.6 Å². The van der Waals surface area contributed by atoms with Crippen LogP contribution >= 0.6 is 0 Å². The third-order valence-electron chi connectivity index (χ3n) is 3.17. The number of carbonyl (C=O) groups excluding carboxylic acids is 2. The Bertz CT molecular complexity index is 511. The highest BCUT2D eigenvalue weighted by Gasteiger charge is 2.14. The van der Waals surface area contributed by atoms with E-state index in [0.29, 0.717) is 12.3 Å². The molecule has 1 unspecified atom stereocenters. The Balaban J connectivity index is 2.46. The molecule has 0 radical (unpaired) electrons. The van der Waals surface area contributed by atoms with Gasteiger partial charge in [0.25, 0.3) is 0 Å². The van der Waals surface area contributed by atoms with Crippen molar-refractivity contribution >= 4 is 12.1 Å². The van der Waals surface area contributed by atoms with E-state index in [1.807, 2.05) is 30.3 Å². The summed E-state index contributed by atoms with van der Waals surface area (Å²) in [5.74, 6) is 0.0147. The second-order valence-corrected chi connectivity index (χ2v) is 5.69. The predicted molar refractivity (Wildman–Crippen MR) is 88.8 cm³/mol. The second-order valence-electron chi connectivity index (χ2n) is 5.69. The zero-order chi connectivity index (χ0) is 17.1. The number of hydrogen-bond acceptors (Lipinski definition) is 4. The van der Waals surface area contributed by atoms with Crippen LogP contribution in [0.1, 0.15) is 32.3 Å². The van der Waals surface area contributed by atoms with Crippen LogP contribution in [0.5, 0.6) is 0 Å². The maximum absolute atomic E-state index is 11.9. The molecule has 5 heteroatoms. The van der Waals surface area contributed by atoms with Gasteiger partial charge < -0.3 is 14.8 Å². The molecule has 1 rings (SSSR count). The number of methoxy groups -OCH3 is 1. The summed E-state index contributed by atoms with van der Waals surface area (Å²) < 4.78 is 9.77. The molecule has 23 heavy (non-hydrogen) atoms. The third-order valence-corrected chi connectivity index (χ3v) is 3.17. The average Bonchev–Trinajstić information content (AvgIpc) is 2.53. The molecule has 0 aliphatic heterocycles. The Labute approximate surface area is 137 Å². The van der Waals surface area contributed by atoms with Crippen LogP contribution in [0, 0.1) is 5.92 Å². The molecule has 0 aliphatic carbocycles. The van der Waals surface area contributed by atoms with Crippen molar-refractivity contribution < 1.29 is 19.1 Å². The van der Waals surface area contributed by atoms with E-state index in [1.54, 1.807) is 6.08 Å². The Morgan fingerprint density at radius 3 is 2.52 bits per heavy atom. The fourth-order valence-corrected chi connectivity index (χ4v) is 2.11. The average molecular weight is 319 g/mol. The van der Waals surface area contributed by atoms with Crippen LogP contribution in [-0.2, 0) is 20.9 Å². The van der Waals surface area contributed by atoms with Crippen molar-refractivity contribution in [2.45, 2.75) is 39.3 Å². The SMILES string of the molecule is COC(=O)/C=C\CC(CC(C)C)NC(=O)OCc1ccccc1. The molecule has 1 atom stereocenters. The predicted octanol–water partition coefficient (Wildman–Crippen LogP) is 3.45. The Kier molecular flexibility index (Phi) is 8.50. The summed E-state index contributed by atoms with van der Waals surface area (Å²) in [6.45, 7) is 4.39. The molecule has 0 saturated carbocycles. The van der Waals surface area contributed by atoms with E-state index in [1.165, 1.54) is 13.2 Å². The summed E-state index contributed by atoms with van der Waals surface area (Å²) in [7, 11) is 1.33. The summed E-state index contributed by atoms with van der Waals surface area (Å²) in [4.78, 5) is 23.0. The minimum absolute atomic E-state index is 0.0841. The molecule has 0 saturated heterocycles. The molecule has 0 fully saturated rings. The first-order chi connectivity index (χ1) is 11.0. The first-order valence-corrected chi connectivity index (χ1v) is 7.73. The molecular formula is C18H25NO4. The fourth-order valence-electron chi connectivity index (χ4n) is 2.11.